The maximum absolute atomic E-state index is 5.98. The third-order valence-electron chi connectivity index (χ3n) is 3.21. The van der Waals surface area contributed by atoms with Crippen molar-refractivity contribution in [3.05, 3.63) is 18.2 Å². The first-order valence-corrected chi connectivity index (χ1v) is 7.64. The van der Waals surface area contributed by atoms with Gasteiger partial charge in [0, 0.05) is 19.2 Å². The van der Waals surface area contributed by atoms with E-state index in [1.807, 2.05) is 18.2 Å². The molecule has 0 radical (unpaired) electrons. The maximum Gasteiger partial charge on any atom is 0.145 e. The molecule has 0 saturated carbocycles. The van der Waals surface area contributed by atoms with Crippen LogP contribution in [0.25, 0.3) is 0 Å². The second-order valence-electron chi connectivity index (χ2n) is 4.46. The Kier molecular flexibility index (Phi) is 4.94. The number of halogens is 1. The van der Waals surface area contributed by atoms with Crippen molar-refractivity contribution >= 4 is 28.3 Å². The van der Waals surface area contributed by atoms with Gasteiger partial charge in [-0.05, 0) is 25.0 Å². The van der Waals surface area contributed by atoms with E-state index < -0.39 is 0 Å². The summed E-state index contributed by atoms with van der Waals surface area (Å²) in [6, 6.07) is 5.59. The molecule has 1 aliphatic heterocycles. The molecule has 0 aliphatic carbocycles. The highest BCUT2D eigenvalue weighted by Crippen LogP contribution is 2.28. The van der Waals surface area contributed by atoms with E-state index in [4.69, 9.17) is 15.2 Å². The molecular weight excluding hydrogens is 343 g/mol. The Bertz CT molecular complexity index is 393. The van der Waals surface area contributed by atoms with E-state index in [-0.39, 0.29) is 0 Å². The number of piperidine rings is 1. The van der Waals surface area contributed by atoms with Crippen LogP contribution in [0.1, 0.15) is 12.8 Å². The van der Waals surface area contributed by atoms with Crippen LogP contribution < -0.4 is 15.2 Å². The number of rotatable bonds is 4. The van der Waals surface area contributed by atoms with Crippen molar-refractivity contribution in [3.8, 4) is 11.5 Å². The number of anilines is 1. The normalized spacial score (nSPS) is 17.7. The van der Waals surface area contributed by atoms with Crippen LogP contribution in [0.3, 0.4) is 0 Å². The Balaban J connectivity index is 1.94. The number of ether oxygens (including phenoxy) is 2. The summed E-state index contributed by atoms with van der Waals surface area (Å²) in [4.78, 5) is 2.43. The Labute approximate surface area is 122 Å². The molecule has 0 bridgehead atoms. The Morgan fingerprint density at radius 3 is 2.72 bits per heavy atom. The van der Waals surface area contributed by atoms with Gasteiger partial charge in [-0.1, -0.05) is 22.6 Å². The van der Waals surface area contributed by atoms with Crippen LogP contribution in [0.5, 0.6) is 11.5 Å². The molecule has 1 heterocycles. The Morgan fingerprint density at radius 1 is 1.39 bits per heavy atom. The van der Waals surface area contributed by atoms with Gasteiger partial charge in [-0.15, -0.1) is 0 Å². The standard InChI is InChI=1S/C13H19IN2O2/c1-17-13-8-11(2-3-12(13)15)18-10-4-6-16(9-14)7-5-10/h2-3,8,10H,4-7,9,15H2,1H3. The lowest BCUT2D eigenvalue weighted by Gasteiger charge is -2.30. The minimum atomic E-state index is 0.303. The molecule has 1 fully saturated rings. The van der Waals surface area contributed by atoms with Gasteiger partial charge >= 0.3 is 0 Å². The number of nitrogen functional groups attached to an aromatic ring is 1. The van der Waals surface area contributed by atoms with Gasteiger partial charge in [0.15, 0.2) is 0 Å². The topological polar surface area (TPSA) is 47.7 Å². The highest BCUT2D eigenvalue weighted by molar-refractivity contribution is 14.1. The van der Waals surface area contributed by atoms with Crippen molar-refractivity contribution < 1.29 is 9.47 Å². The van der Waals surface area contributed by atoms with Crippen LogP contribution in [0.4, 0.5) is 5.69 Å². The molecule has 2 N–H and O–H groups in total. The van der Waals surface area contributed by atoms with Crippen molar-refractivity contribution in [3.63, 3.8) is 0 Å². The first-order chi connectivity index (χ1) is 8.72. The van der Waals surface area contributed by atoms with E-state index in [9.17, 15) is 0 Å². The zero-order valence-electron chi connectivity index (χ0n) is 10.6. The van der Waals surface area contributed by atoms with Gasteiger partial charge in [-0.3, -0.25) is 4.90 Å². The summed E-state index contributed by atoms with van der Waals surface area (Å²) in [6.07, 6.45) is 2.46. The molecule has 0 amide bonds. The van der Waals surface area contributed by atoms with Gasteiger partial charge in [-0.2, -0.15) is 0 Å². The van der Waals surface area contributed by atoms with E-state index in [1.54, 1.807) is 7.11 Å². The van der Waals surface area contributed by atoms with Gasteiger partial charge in [0.25, 0.3) is 0 Å². The van der Waals surface area contributed by atoms with E-state index in [0.29, 0.717) is 17.5 Å². The van der Waals surface area contributed by atoms with Crippen molar-refractivity contribution in [1.82, 2.24) is 4.90 Å². The summed E-state index contributed by atoms with van der Waals surface area (Å²) >= 11 is 2.41. The van der Waals surface area contributed by atoms with Gasteiger partial charge in [-0.25, -0.2) is 0 Å². The number of benzene rings is 1. The highest BCUT2D eigenvalue weighted by Gasteiger charge is 2.19. The number of methoxy groups -OCH3 is 1. The third-order valence-corrected chi connectivity index (χ3v) is 4.18. The highest BCUT2D eigenvalue weighted by atomic mass is 127. The molecule has 0 unspecified atom stereocenters. The van der Waals surface area contributed by atoms with E-state index in [1.165, 1.54) is 0 Å². The first kappa shape index (κ1) is 13.7. The van der Waals surface area contributed by atoms with Crippen molar-refractivity contribution in [2.45, 2.75) is 18.9 Å². The quantitative estimate of drug-likeness (QED) is 0.387. The summed E-state index contributed by atoms with van der Waals surface area (Å²) < 4.78 is 12.3. The molecule has 2 rings (SSSR count). The summed E-state index contributed by atoms with van der Waals surface area (Å²) in [5.74, 6) is 1.52. The van der Waals surface area contributed by atoms with Crippen LogP contribution in [0.15, 0.2) is 18.2 Å². The van der Waals surface area contributed by atoms with E-state index in [2.05, 4.69) is 27.5 Å². The van der Waals surface area contributed by atoms with Crippen LogP contribution in [0.2, 0.25) is 0 Å². The average Bonchev–Trinajstić information content (AvgIpc) is 2.42. The minimum absolute atomic E-state index is 0.303. The molecule has 5 heteroatoms. The monoisotopic (exact) mass is 362 g/mol. The molecule has 1 aromatic rings. The zero-order valence-corrected chi connectivity index (χ0v) is 12.7. The molecule has 1 saturated heterocycles. The SMILES string of the molecule is COc1cc(OC2CCN(CI)CC2)ccc1N. The predicted molar refractivity (Wildman–Crippen MR) is 81.5 cm³/mol. The average molecular weight is 362 g/mol. The summed E-state index contributed by atoms with van der Waals surface area (Å²) in [5, 5.41) is 0. The van der Waals surface area contributed by atoms with Crippen molar-refractivity contribution in [1.29, 1.82) is 0 Å². The van der Waals surface area contributed by atoms with Crippen LogP contribution in [-0.4, -0.2) is 35.8 Å². The lowest BCUT2D eigenvalue weighted by atomic mass is 10.1. The molecule has 0 spiro atoms. The molecule has 0 atom stereocenters. The minimum Gasteiger partial charge on any atom is -0.494 e. The molecule has 100 valence electrons. The van der Waals surface area contributed by atoms with Crippen molar-refractivity contribution in [2.24, 2.45) is 0 Å². The number of nitrogens with two attached hydrogens (primary N) is 1. The Morgan fingerprint density at radius 2 is 2.11 bits per heavy atom. The molecule has 4 nitrogen and oxygen atoms in total. The second-order valence-corrected chi connectivity index (χ2v) is 5.14. The molecule has 1 aromatic carbocycles. The third kappa shape index (κ3) is 3.41. The molecule has 18 heavy (non-hydrogen) atoms. The lowest BCUT2D eigenvalue weighted by molar-refractivity contribution is 0.112. The van der Waals surface area contributed by atoms with Crippen LogP contribution in [-0.2, 0) is 0 Å². The molecule has 1 aliphatic rings. The number of nitrogens with zero attached hydrogens (tertiary/aromatic N) is 1. The van der Waals surface area contributed by atoms with Crippen LogP contribution >= 0.6 is 22.6 Å². The fourth-order valence-corrected chi connectivity index (χ4v) is 2.79. The van der Waals surface area contributed by atoms with E-state index >= 15 is 0 Å². The van der Waals surface area contributed by atoms with Crippen LogP contribution in [0, 0.1) is 0 Å². The fourth-order valence-electron chi connectivity index (χ4n) is 2.10. The maximum atomic E-state index is 5.98. The summed E-state index contributed by atoms with van der Waals surface area (Å²) in [6.45, 7) is 2.22. The number of alkyl halides is 1. The number of hydrogen-bond donors (Lipinski definition) is 1. The van der Waals surface area contributed by atoms with Gasteiger partial charge in [0.05, 0.1) is 17.3 Å². The smallest absolute Gasteiger partial charge is 0.145 e. The number of hydrogen-bond acceptors (Lipinski definition) is 4. The fraction of sp³-hybridized carbons (Fsp3) is 0.538. The zero-order chi connectivity index (χ0) is 13.0. The largest absolute Gasteiger partial charge is 0.494 e. The predicted octanol–water partition coefficient (Wildman–Crippen LogP) is 2.51. The lowest BCUT2D eigenvalue weighted by Crippen LogP contribution is -2.37. The molecule has 0 aromatic heterocycles. The Hall–Kier alpha value is -0.690. The first-order valence-electron chi connectivity index (χ1n) is 6.11. The van der Waals surface area contributed by atoms with Gasteiger partial charge < -0.3 is 15.2 Å². The second kappa shape index (κ2) is 6.47. The van der Waals surface area contributed by atoms with Gasteiger partial charge in [0.1, 0.15) is 17.6 Å². The summed E-state index contributed by atoms with van der Waals surface area (Å²) in [5.41, 5.74) is 6.42. The molecular formula is C13H19IN2O2. The summed E-state index contributed by atoms with van der Waals surface area (Å²) in [7, 11) is 1.62. The number of likely N-dealkylation sites (tertiary alicyclic amines) is 1. The van der Waals surface area contributed by atoms with Gasteiger partial charge in [0.2, 0.25) is 0 Å². The van der Waals surface area contributed by atoms with Crippen molar-refractivity contribution in [2.75, 3.05) is 30.5 Å². The van der Waals surface area contributed by atoms with E-state index in [0.717, 1.165) is 36.2 Å².